The molecule has 0 spiro atoms. The Morgan fingerprint density at radius 2 is 1.55 bits per heavy atom. The number of aromatic nitrogens is 1. The summed E-state index contributed by atoms with van der Waals surface area (Å²) in [6, 6.07) is 15.9. The molecule has 5 amide bonds. The molecule has 334 valence electrons. The van der Waals surface area contributed by atoms with Gasteiger partial charge in [-0.3, -0.25) is 24.0 Å². The number of thiazole rings is 1. The highest BCUT2D eigenvalue weighted by Gasteiger charge is 2.45. The number of amides is 5. The van der Waals surface area contributed by atoms with E-state index in [0.717, 1.165) is 59.4 Å². The first kappa shape index (κ1) is 46.6. The van der Waals surface area contributed by atoms with Crippen LogP contribution in [0.4, 0.5) is 0 Å². The third-order valence-electron chi connectivity index (χ3n) is 12.5. The molecule has 3 N–H and O–H groups in total. The van der Waals surface area contributed by atoms with Crippen molar-refractivity contribution in [3.05, 3.63) is 76.9 Å². The van der Waals surface area contributed by atoms with Gasteiger partial charge in [0.2, 0.25) is 29.5 Å². The third-order valence-corrected chi connectivity index (χ3v) is 13.5. The van der Waals surface area contributed by atoms with Gasteiger partial charge in [-0.2, -0.15) is 5.10 Å². The van der Waals surface area contributed by atoms with Crippen molar-refractivity contribution >= 4 is 47.1 Å². The first-order valence-corrected chi connectivity index (χ1v) is 23.4. The number of aliphatic hydroxyl groups excluding tert-OH is 1. The van der Waals surface area contributed by atoms with Crippen LogP contribution in [0.15, 0.2) is 65.2 Å². The number of piperidine rings is 1. The first-order chi connectivity index (χ1) is 29.7. The summed E-state index contributed by atoms with van der Waals surface area (Å²) >= 11 is 1.58. The smallest absolute Gasteiger partial charge is 0.246 e. The van der Waals surface area contributed by atoms with Crippen molar-refractivity contribution in [1.29, 1.82) is 0 Å². The lowest BCUT2D eigenvalue weighted by Crippen LogP contribution is -2.57. The number of hydrogen-bond donors (Lipinski definition) is 3. The zero-order valence-corrected chi connectivity index (χ0v) is 37.9. The molecular formula is C48H65N7O6S. The van der Waals surface area contributed by atoms with E-state index in [0.29, 0.717) is 45.2 Å². The van der Waals surface area contributed by atoms with E-state index in [9.17, 15) is 29.1 Å². The van der Waals surface area contributed by atoms with Gasteiger partial charge in [0, 0.05) is 57.5 Å². The number of nitrogens with zero attached hydrogens (tertiary/aromatic N) is 5. The van der Waals surface area contributed by atoms with Crippen molar-refractivity contribution in [3.8, 4) is 10.4 Å². The number of likely N-dealkylation sites (tertiary alicyclic amines) is 2. The van der Waals surface area contributed by atoms with Crippen LogP contribution in [0.25, 0.3) is 10.4 Å². The molecule has 1 unspecified atom stereocenters. The average Bonchev–Trinajstić information content (AvgIpc) is 4.03. The van der Waals surface area contributed by atoms with Crippen molar-refractivity contribution in [3.63, 3.8) is 0 Å². The number of benzene rings is 2. The molecule has 2 fully saturated rings. The average molecular weight is 868 g/mol. The van der Waals surface area contributed by atoms with E-state index in [1.54, 1.807) is 16.3 Å². The van der Waals surface area contributed by atoms with Crippen LogP contribution >= 0.6 is 11.3 Å². The van der Waals surface area contributed by atoms with Gasteiger partial charge >= 0.3 is 0 Å². The highest BCUT2D eigenvalue weighted by Crippen LogP contribution is 2.33. The molecule has 0 bridgehead atoms. The highest BCUT2D eigenvalue weighted by atomic mass is 32.1. The molecule has 3 aliphatic heterocycles. The van der Waals surface area contributed by atoms with Gasteiger partial charge in [0.1, 0.15) is 12.1 Å². The summed E-state index contributed by atoms with van der Waals surface area (Å²) < 4.78 is 0. The maximum atomic E-state index is 14.1. The monoisotopic (exact) mass is 867 g/mol. The molecule has 1 aromatic heterocycles. The second-order valence-corrected chi connectivity index (χ2v) is 19.2. The number of aliphatic hydroxyl groups is 1. The number of nitrogens with one attached hydrogen (secondary N) is 2. The molecular weight excluding hydrogens is 803 g/mol. The molecule has 5 atom stereocenters. The van der Waals surface area contributed by atoms with E-state index in [2.05, 4.69) is 20.7 Å². The molecule has 3 aromatic rings. The number of aryl methyl sites for hydroxylation is 1. The van der Waals surface area contributed by atoms with Gasteiger partial charge in [0.25, 0.3) is 0 Å². The van der Waals surface area contributed by atoms with Crippen molar-refractivity contribution in [1.82, 2.24) is 30.4 Å². The van der Waals surface area contributed by atoms with E-state index in [1.807, 2.05) is 106 Å². The van der Waals surface area contributed by atoms with E-state index in [4.69, 9.17) is 0 Å². The third kappa shape index (κ3) is 11.9. The van der Waals surface area contributed by atoms with Crippen LogP contribution in [0.3, 0.4) is 0 Å². The number of rotatable bonds is 17. The Bertz CT molecular complexity index is 2020. The van der Waals surface area contributed by atoms with E-state index < -0.39 is 23.6 Å². The van der Waals surface area contributed by atoms with Gasteiger partial charge in [-0.05, 0) is 61.6 Å². The summed E-state index contributed by atoms with van der Waals surface area (Å²) in [4.78, 5) is 76.0. The lowest BCUT2D eigenvalue weighted by molar-refractivity contribution is -0.144. The van der Waals surface area contributed by atoms with Gasteiger partial charge in [-0.15, -0.1) is 11.3 Å². The Morgan fingerprint density at radius 1 is 0.887 bits per heavy atom. The number of hydrogen-bond acceptors (Lipinski definition) is 9. The number of hydrazone groups is 1. The van der Waals surface area contributed by atoms with Gasteiger partial charge in [0.05, 0.1) is 34.3 Å². The molecule has 2 saturated heterocycles. The molecule has 6 rings (SSSR count). The van der Waals surface area contributed by atoms with Crippen LogP contribution in [0.5, 0.6) is 0 Å². The SMILES string of the molecule is Cc1ncsc1-c1ccc([C@H](C)NC(=O)[C@@H]2C[C@@H](O)CN2C(=O)[C@@H](NC(=O)CCCCCCCCC(=O)N2CCC(C(=O)N3N=CCC3c3ccccc3)CC2)C(C)(C)C)cc1. The Morgan fingerprint density at radius 3 is 2.19 bits per heavy atom. The molecule has 0 saturated carbocycles. The lowest BCUT2D eigenvalue weighted by atomic mass is 9.85. The van der Waals surface area contributed by atoms with E-state index in [-0.39, 0.29) is 66.9 Å². The van der Waals surface area contributed by atoms with Crippen LogP contribution in [0.2, 0.25) is 0 Å². The van der Waals surface area contributed by atoms with E-state index >= 15 is 0 Å². The molecule has 13 nitrogen and oxygen atoms in total. The quantitative estimate of drug-likeness (QED) is 0.122. The summed E-state index contributed by atoms with van der Waals surface area (Å²) in [6.07, 6.45) is 9.05. The standard InChI is InChI=1S/C48H65N7O6S/c1-32(34-19-21-36(22-20-34)43-33(2)49-31-62-43)51-45(59)40-29-38(56)30-54(40)47(61)44(48(3,4)5)52-41(57)17-13-8-6-7-9-14-18-42(58)53-27-24-37(25-28-53)46(60)55-39(23-26-50-55)35-15-11-10-12-16-35/h10-12,15-16,19-22,26,31-32,37-40,44,56H,6-9,13-14,17-18,23-25,27-30H2,1-5H3,(H,51,59)(H,52,57)/t32-,38+,39?,40-,44+/m0/s1. The highest BCUT2D eigenvalue weighted by molar-refractivity contribution is 7.13. The minimum absolute atomic E-state index is 0.0203. The molecule has 62 heavy (non-hydrogen) atoms. The molecule has 3 aliphatic rings. The van der Waals surface area contributed by atoms with Crippen LogP contribution in [0, 0.1) is 18.3 Å². The zero-order chi connectivity index (χ0) is 44.4. The maximum absolute atomic E-state index is 14.1. The fraction of sp³-hybridized carbons (Fsp3) is 0.562. The largest absolute Gasteiger partial charge is 0.391 e. The molecule has 0 radical (unpaired) electrons. The minimum Gasteiger partial charge on any atom is -0.391 e. The zero-order valence-electron chi connectivity index (χ0n) is 37.1. The Labute approximate surface area is 370 Å². The summed E-state index contributed by atoms with van der Waals surface area (Å²) in [5, 5.41) is 22.7. The number of carbonyl (C=O) groups is 5. The van der Waals surface area contributed by atoms with E-state index in [1.165, 1.54) is 4.90 Å². The minimum atomic E-state index is -0.870. The summed E-state index contributed by atoms with van der Waals surface area (Å²) in [7, 11) is 0. The number of carbonyl (C=O) groups excluding carboxylic acids is 5. The fourth-order valence-electron chi connectivity index (χ4n) is 8.82. The first-order valence-electron chi connectivity index (χ1n) is 22.5. The maximum Gasteiger partial charge on any atom is 0.246 e. The topological polar surface area (TPSA) is 165 Å². The molecule has 14 heteroatoms. The second kappa shape index (κ2) is 21.4. The predicted molar refractivity (Wildman–Crippen MR) is 242 cm³/mol. The molecule has 0 aliphatic carbocycles. The molecule has 4 heterocycles. The van der Waals surface area contributed by atoms with Crippen LogP contribution in [-0.4, -0.2) is 98.5 Å². The summed E-state index contributed by atoms with van der Waals surface area (Å²) in [5.41, 5.74) is 5.22. The number of unbranched alkanes of at least 4 members (excludes halogenated alkanes) is 5. The normalized spacial score (nSPS) is 20.3. The van der Waals surface area contributed by atoms with Crippen molar-refractivity contribution in [2.75, 3.05) is 19.6 Å². The van der Waals surface area contributed by atoms with Crippen molar-refractivity contribution in [2.45, 2.75) is 142 Å². The van der Waals surface area contributed by atoms with Gasteiger partial charge in [-0.25, -0.2) is 9.99 Å². The van der Waals surface area contributed by atoms with Crippen LogP contribution in [0.1, 0.15) is 134 Å². The van der Waals surface area contributed by atoms with Gasteiger partial charge in [0.15, 0.2) is 0 Å². The Balaban J connectivity index is 0.869. The lowest BCUT2D eigenvalue weighted by Gasteiger charge is -2.35. The van der Waals surface area contributed by atoms with Crippen LogP contribution in [-0.2, 0) is 24.0 Å². The van der Waals surface area contributed by atoms with Gasteiger partial charge < -0.3 is 25.5 Å². The van der Waals surface area contributed by atoms with Crippen molar-refractivity contribution < 1.29 is 29.1 Å². The summed E-state index contributed by atoms with van der Waals surface area (Å²) in [6.45, 7) is 10.7. The Kier molecular flexibility index (Phi) is 16.1. The second-order valence-electron chi connectivity index (χ2n) is 18.3. The summed E-state index contributed by atoms with van der Waals surface area (Å²) in [5.74, 6) is -0.871. The Hall–Kier alpha value is -4.95. The predicted octanol–water partition coefficient (Wildman–Crippen LogP) is 7.11. The van der Waals surface area contributed by atoms with Gasteiger partial charge in [-0.1, -0.05) is 101 Å². The molecule has 2 aromatic carbocycles. The van der Waals surface area contributed by atoms with Crippen LogP contribution < -0.4 is 10.6 Å². The van der Waals surface area contributed by atoms with Crippen molar-refractivity contribution in [2.24, 2.45) is 16.4 Å². The number of β-amino-alcohol motifs (C(OH)–C–C–N with tert-alkyl or cyclic N) is 1. The fourth-order valence-corrected chi connectivity index (χ4v) is 9.63.